The van der Waals surface area contributed by atoms with Crippen LogP contribution in [0.15, 0.2) is 59.5 Å². The summed E-state index contributed by atoms with van der Waals surface area (Å²) in [6.45, 7) is 0.577. The molecule has 4 N–H and O–H groups in total. The van der Waals surface area contributed by atoms with Crippen molar-refractivity contribution in [3.05, 3.63) is 81.6 Å². The summed E-state index contributed by atoms with van der Waals surface area (Å²) in [7, 11) is 13.1. The number of rotatable bonds is 39. The predicted octanol–water partition coefficient (Wildman–Crippen LogP) is -0.829. The first-order valence-electron chi connectivity index (χ1n) is 39.4. The molecule has 8 rings (SSSR count). The molecule has 42 heteroatoms. The standard InChI is InChI=1S/C81H106F4N14O23S/c1-45(100)33-89(6)63(108)35-91(8)65(110)37-93(10)67(112)39-95(12)69(114)41-97(14)71(116)42-98(15)70(115)40-96(13)68(113)38-94(11)66(111)36-92(9)64(109)34-90(7)60(105)17-16-27-120-73-48(18-20-55(72(73)84)99-61(106)22-23-62(99)107)19-21-59(104)87-47(3)76(118)88-46(2)75(117)86-44-119-43-57(103)81-58(121-77(122-81)74-53(82)25-28-123-74)31-50-51-30-54(83)52-29-49(101)24-26-78(52,4)80(51,85)56(102)32-79(50,81)5/h18,20,22-26,28-29,46-47,50-51,54,56,58,77,102H,16-17,19,21,27,30-44H2,1-15H3,(H,86,117)(H,87,104)(H,88,118)/t46-,47-,50-,51-,54-,56-,58+,77+,78-,79-,80-,81+/m0/s1. The lowest BCUT2D eigenvalue weighted by Crippen LogP contribution is -2.70. The third kappa shape index (κ3) is 21.7. The molecule has 1 aromatic carbocycles. The van der Waals surface area contributed by atoms with E-state index >= 15 is 17.6 Å². The number of allylic oxidation sites excluding steroid dienone is 4. The van der Waals surface area contributed by atoms with E-state index in [-0.39, 0.29) is 67.2 Å². The van der Waals surface area contributed by atoms with Crippen molar-refractivity contribution in [3.8, 4) is 5.75 Å². The van der Waals surface area contributed by atoms with E-state index in [9.17, 15) is 91.4 Å². The molecule has 15 amide bonds. The Labute approximate surface area is 711 Å². The van der Waals surface area contributed by atoms with E-state index in [1.54, 1.807) is 6.92 Å². The first kappa shape index (κ1) is 97.2. The molecule has 3 saturated carbocycles. The minimum absolute atomic E-state index is 0.00892. The van der Waals surface area contributed by atoms with Crippen LogP contribution in [-0.2, 0) is 107 Å². The number of hydrogen-bond acceptors (Lipinski definition) is 24. The van der Waals surface area contributed by atoms with Gasteiger partial charge in [-0.15, -0.1) is 11.3 Å². The summed E-state index contributed by atoms with van der Waals surface area (Å²) in [5.74, 6) is -16.6. The molecular formula is C81H106F4N14O23S. The molecule has 3 heterocycles. The van der Waals surface area contributed by atoms with Crippen LogP contribution in [0.1, 0.15) is 89.9 Å². The molecule has 672 valence electrons. The van der Waals surface area contributed by atoms with Crippen LogP contribution < -0.4 is 25.6 Å². The van der Waals surface area contributed by atoms with Gasteiger partial charge in [-0.3, -0.25) is 86.3 Å². The van der Waals surface area contributed by atoms with Crippen LogP contribution in [0.4, 0.5) is 23.2 Å². The molecule has 0 unspecified atom stereocenters. The normalized spacial score (nSPS) is 23.1. The summed E-state index contributed by atoms with van der Waals surface area (Å²) in [6.07, 6.45) is -2.84. The second-order valence-electron chi connectivity index (χ2n) is 32.4. The number of carbonyl (C=O) groups excluding carboxylic acids is 18. The topological polar surface area (TPSA) is 436 Å². The molecule has 4 fully saturated rings. The summed E-state index contributed by atoms with van der Waals surface area (Å²) in [5.41, 5.74) is -8.28. The first-order chi connectivity index (χ1) is 57.5. The Morgan fingerprint density at radius 3 is 1.54 bits per heavy atom. The number of anilines is 1. The number of nitrogens with one attached hydrogen (secondary N) is 3. The minimum atomic E-state index is -2.51. The molecule has 2 aliphatic heterocycles. The summed E-state index contributed by atoms with van der Waals surface area (Å²) in [5, 5.41) is 20.8. The number of carbonyl (C=O) groups is 18. The van der Waals surface area contributed by atoms with E-state index < -0.39 is 279 Å². The van der Waals surface area contributed by atoms with Crippen molar-refractivity contribution in [2.45, 2.75) is 128 Å². The van der Waals surface area contributed by atoms with Crippen molar-refractivity contribution < 1.29 is 128 Å². The first-order valence-corrected chi connectivity index (χ1v) is 40.3. The van der Waals surface area contributed by atoms with Crippen molar-refractivity contribution in [1.29, 1.82) is 0 Å². The maximum absolute atomic E-state index is 18.1. The highest BCUT2D eigenvalue weighted by Gasteiger charge is 2.80. The molecule has 0 radical (unpaired) electrons. The Hall–Kier alpha value is -11.2. The number of ketones is 3. The van der Waals surface area contributed by atoms with Gasteiger partial charge in [0.25, 0.3) is 11.8 Å². The second kappa shape index (κ2) is 40.4. The van der Waals surface area contributed by atoms with Crippen molar-refractivity contribution in [1.82, 2.24) is 64.9 Å². The smallest absolute Gasteiger partial charge is 0.258 e. The Bertz CT molecular complexity index is 4610. The van der Waals surface area contributed by atoms with E-state index in [1.165, 1.54) is 122 Å². The molecule has 123 heavy (non-hydrogen) atoms. The number of hydrogen-bond donors (Lipinski definition) is 4. The Morgan fingerprint density at radius 2 is 1.07 bits per heavy atom. The van der Waals surface area contributed by atoms with Gasteiger partial charge in [-0.1, -0.05) is 19.1 Å². The number of benzene rings is 1. The molecular weight excluding hydrogens is 1650 g/mol. The SMILES string of the molecule is CC(=O)CN(C)C(=O)CN(C)C(=O)CN(C)C(=O)CN(C)C(=O)CN(C)C(=O)CN(C)C(=O)CN(C)C(=O)CN(C)C(=O)CN(C)C(=O)CN(C)C(=O)CCCOc1c(CCC(=O)N[C@@H](C)C(=O)N[C@@H](C)C(=O)NCOCC(=O)[C@@]23O[C@H](c4sccc4F)O[C@@H]2C[C@H]2[C@@H]4C[C@H](F)C5=CC(=O)C=C[C@]5(C)[C@@]4(F)[C@@H](O)C[C@@]23C)ccc(N2C(=O)C=CC2=O)c1F. The number of Topliss-reactive ketones (excluding diaryl/α,β-unsaturated/α-hetero) is 2. The van der Waals surface area contributed by atoms with E-state index in [1.807, 2.05) is 0 Å². The van der Waals surface area contributed by atoms with E-state index in [0.29, 0.717) is 4.90 Å². The van der Waals surface area contributed by atoms with Crippen molar-refractivity contribution in [3.63, 3.8) is 0 Å². The van der Waals surface area contributed by atoms with Crippen LogP contribution in [0.5, 0.6) is 5.75 Å². The number of imide groups is 1. The predicted molar refractivity (Wildman–Crippen MR) is 427 cm³/mol. The third-order valence-corrected chi connectivity index (χ3v) is 24.3. The minimum Gasteiger partial charge on any atom is -0.490 e. The zero-order valence-electron chi connectivity index (χ0n) is 71.2. The zero-order valence-corrected chi connectivity index (χ0v) is 72.0. The number of ether oxygens (including phenoxy) is 4. The monoisotopic (exact) mass is 1750 g/mol. The summed E-state index contributed by atoms with van der Waals surface area (Å²) >= 11 is 0.962. The van der Waals surface area contributed by atoms with Gasteiger partial charge in [0, 0.05) is 112 Å². The van der Waals surface area contributed by atoms with Gasteiger partial charge in [0.05, 0.1) is 94.8 Å². The number of alkyl halides is 2. The highest BCUT2D eigenvalue weighted by atomic mass is 32.1. The molecule has 0 bridgehead atoms. The number of fused-ring (bicyclic) bond motifs is 7. The van der Waals surface area contributed by atoms with Crippen molar-refractivity contribution in [2.24, 2.45) is 22.7 Å². The number of aryl methyl sites for hydroxylation is 1. The fourth-order valence-electron chi connectivity index (χ4n) is 16.1. The zero-order chi connectivity index (χ0) is 91.6. The number of amides is 15. The molecule has 37 nitrogen and oxygen atoms in total. The van der Waals surface area contributed by atoms with E-state index in [0.717, 1.165) is 90.7 Å². The van der Waals surface area contributed by atoms with Crippen molar-refractivity contribution >= 4 is 123 Å². The molecule has 1 aromatic heterocycles. The van der Waals surface area contributed by atoms with Crippen molar-refractivity contribution in [2.75, 3.05) is 161 Å². The summed E-state index contributed by atoms with van der Waals surface area (Å²) in [6, 6.07) is 1.03. The van der Waals surface area contributed by atoms with Crippen LogP contribution in [0, 0.1) is 34.3 Å². The lowest BCUT2D eigenvalue weighted by Gasteiger charge is -2.63. The maximum Gasteiger partial charge on any atom is 0.258 e. The Balaban J connectivity index is 0.745. The number of aliphatic hydroxyl groups excluding tert-OH is 1. The lowest BCUT2D eigenvalue weighted by molar-refractivity contribution is -0.235. The van der Waals surface area contributed by atoms with Crippen LogP contribution >= 0.6 is 11.3 Å². The molecule has 0 spiro atoms. The largest absolute Gasteiger partial charge is 0.490 e. The highest BCUT2D eigenvalue weighted by Crippen LogP contribution is 2.73. The van der Waals surface area contributed by atoms with Crippen LogP contribution in [0.25, 0.3) is 0 Å². The van der Waals surface area contributed by atoms with Crippen LogP contribution in [-0.4, -0.2) is 358 Å². The maximum atomic E-state index is 18.1. The van der Waals surface area contributed by atoms with Gasteiger partial charge >= 0.3 is 0 Å². The average Bonchev–Trinajstić information content (AvgIpc) is 1.53. The number of halogens is 4. The van der Waals surface area contributed by atoms with Gasteiger partial charge in [-0.25, -0.2) is 22.5 Å². The molecule has 6 aliphatic rings. The van der Waals surface area contributed by atoms with E-state index in [2.05, 4.69) is 16.0 Å². The van der Waals surface area contributed by atoms with Crippen LogP contribution in [0.2, 0.25) is 0 Å². The van der Waals surface area contributed by atoms with Gasteiger partial charge in [-0.05, 0) is 107 Å². The van der Waals surface area contributed by atoms with Gasteiger partial charge in [0.2, 0.25) is 76.8 Å². The molecule has 4 aliphatic carbocycles. The molecule has 2 aromatic rings. The van der Waals surface area contributed by atoms with Crippen LogP contribution in [0.3, 0.4) is 0 Å². The van der Waals surface area contributed by atoms with Gasteiger partial charge in [0.15, 0.2) is 40.7 Å². The van der Waals surface area contributed by atoms with Gasteiger partial charge in [-0.2, -0.15) is 0 Å². The number of likely N-dealkylation sites (N-methyl/N-ethyl adjacent to an activating group) is 10. The number of nitrogens with zero attached hydrogens (tertiary/aromatic N) is 11. The molecule has 1 saturated heterocycles. The van der Waals surface area contributed by atoms with E-state index in [4.69, 9.17) is 18.9 Å². The average molecular weight is 1750 g/mol. The Morgan fingerprint density at radius 1 is 0.610 bits per heavy atom. The van der Waals surface area contributed by atoms with Gasteiger partial charge in [0.1, 0.15) is 43.2 Å². The number of thiophene rings is 1. The second-order valence-corrected chi connectivity index (χ2v) is 33.3. The summed E-state index contributed by atoms with van der Waals surface area (Å²) < 4.78 is 90.4. The lowest BCUT2D eigenvalue weighted by atomic mass is 9.44. The fraction of sp³-hybridized carbons (Fsp3) is 0.580. The third-order valence-electron chi connectivity index (χ3n) is 23.4. The highest BCUT2D eigenvalue weighted by molar-refractivity contribution is 7.10. The fourth-order valence-corrected chi connectivity index (χ4v) is 16.8. The van der Waals surface area contributed by atoms with Gasteiger partial charge < -0.3 is 89.0 Å². The molecule has 12 atom stereocenters. The quantitative estimate of drug-likeness (QED) is 0.0275. The Kier molecular flexibility index (Phi) is 31.9. The number of aliphatic hydroxyl groups is 1. The summed E-state index contributed by atoms with van der Waals surface area (Å²) in [4.78, 5) is 246.